The normalized spacial score (nSPS) is 15.9. The van der Waals surface area contributed by atoms with E-state index in [2.05, 4.69) is 5.32 Å². The van der Waals surface area contributed by atoms with E-state index < -0.39 is 15.9 Å². The van der Waals surface area contributed by atoms with Gasteiger partial charge in [-0.2, -0.15) is 5.26 Å². The minimum Gasteiger partial charge on any atom is -0.322 e. The first-order valence-corrected chi connectivity index (χ1v) is 10.0. The van der Waals surface area contributed by atoms with Crippen molar-refractivity contribution in [2.45, 2.75) is 12.8 Å². The number of carbonyl (C=O) groups excluding carboxylic acids is 1. The molecule has 0 saturated carbocycles. The molecule has 0 unspecified atom stereocenters. The Kier molecular flexibility index (Phi) is 5.16. The molecule has 6 nitrogen and oxygen atoms in total. The highest BCUT2D eigenvalue weighted by Gasteiger charge is 2.28. The van der Waals surface area contributed by atoms with Crippen LogP contribution < -0.4 is 9.62 Å². The zero-order valence-electron chi connectivity index (χ0n) is 13.8. The molecule has 1 heterocycles. The molecular formula is C18H16ClN3O3S. The topological polar surface area (TPSA) is 90.3 Å². The van der Waals surface area contributed by atoms with Gasteiger partial charge in [0.25, 0.3) is 5.91 Å². The van der Waals surface area contributed by atoms with Crippen molar-refractivity contribution in [2.24, 2.45) is 0 Å². The van der Waals surface area contributed by atoms with Crippen molar-refractivity contribution in [2.75, 3.05) is 21.9 Å². The predicted molar refractivity (Wildman–Crippen MR) is 101 cm³/mol. The fourth-order valence-corrected chi connectivity index (χ4v) is 4.69. The number of hydrogen-bond donors (Lipinski definition) is 1. The minimum absolute atomic E-state index is 0.0701. The molecule has 0 aromatic heterocycles. The number of nitriles is 1. The highest BCUT2D eigenvalue weighted by atomic mass is 35.5. The molecule has 1 fully saturated rings. The number of amides is 1. The number of sulfonamides is 1. The molecule has 1 saturated heterocycles. The number of benzene rings is 2. The van der Waals surface area contributed by atoms with Crippen LogP contribution in [-0.4, -0.2) is 26.6 Å². The molecule has 8 heteroatoms. The maximum Gasteiger partial charge on any atom is 0.255 e. The van der Waals surface area contributed by atoms with Crippen LogP contribution in [0, 0.1) is 11.3 Å². The van der Waals surface area contributed by atoms with E-state index in [0.29, 0.717) is 29.9 Å². The lowest BCUT2D eigenvalue weighted by molar-refractivity contribution is 0.102. The number of hydrogen-bond acceptors (Lipinski definition) is 4. The third-order valence-electron chi connectivity index (χ3n) is 4.08. The second-order valence-corrected chi connectivity index (χ2v) is 8.33. The number of nitrogens with zero attached hydrogens (tertiary/aromatic N) is 2. The zero-order chi connectivity index (χ0) is 18.7. The lowest BCUT2D eigenvalue weighted by Gasteiger charge is -2.29. The molecule has 1 N–H and O–H groups in total. The van der Waals surface area contributed by atoms with E-state index in [9.17, 15) is 13.2 Å². The summed E-state index contributed by atoms with van der Waals surface area (Å²) in [5, 5.41) is 11.9. The van der Waals surface area contributed by atoms with Crippen LogP contribution in [0.2, 0.25) is 5.02 Å². The van der Waals surface area contributed by atoms with Crippen LogP contribution in [-0.2, 0) is 10.0 Å². The summed E-state index contributed by atoms with van der Waals surface area (Å²) in [4.78, 5) is 12.5. The summed E-state index contributed by atoms with van der Waals surface area (Å²) < 4.78 is 25.9. The van der Waals surface area contributed by atoms with Crippen LogP contribution in [0.4, 0.5) is 11.4 Å². The molecule has 2 aromatic rings. The molecule has 3 rings (SSSR count). The fourth-order valence-electron chi connectivity index (χ4n) is 2.77. The van der Waals surface area contributed by atoms with Crippen molar-refractivity contribution in [3.8, 4) is 6.07 Å². The van der Waals surface area contributed by atoms with Gasteiger partial charge in [-0.05, 0) is 49.2 Å². The van der Waals surface area contributed by atoms with E-state index >= 15 is 0 Å². The Bertz CT molecular complexity index is 999. The molecule has 134 valence electrons. The molecule has 0 radical (unpaired) electrons. The maximum absolute atomic E-state index is 12.5. The largest absolute Gasteiger partial charge is 0.322 e. The minimum atomic E-state index is -3.43. The molecule has 1 amide bonds. The van der Waals surface area contributed by atoms with E-state index in [0.717, 1.165) is 6.42 Å². The van der Waals surface area contributed by atoms with Crippen LogP contribution in [0.1, 0.15) is 28.8 Å². The SMILES string of the molecule is N#Cc1cccc(NC(=O)c2ccc(Cl)c(N3CCCCS3(=O)=O)c2)c1. The van der Waals surface area contributed by atoms with Gasteiger partial charge in [-0.3, -0.25) is 9.10 Å². The van der Waals surface area contributed by atoms with Crippen molar-refractivity contribution < 1.29 is 13.2 Å². The van der Waals surface area contributed by atoms with Gasteiger partial charge < -0.3 is 5.32 Å². The maximum atomic E-state index is 12.5. The second-order valence-electron chi connectivity index (χ2n) is 5.91. The summed E-state index contributed by atoms with van der Waals surface area (Å²) in [5.74, 6) is -0.340. The van der Waals surface area contributed by atoms with Gasteiger partial charge in [0.2, 0.25) is 10.0 Å². The Morgan fingerprint density at radius 3 is 2.73 bits per heavy atom. The highest BCUT2D eigenvalue weighted by Crippen LogP contribution is 2.31. The third kappa shape index (κ3) is 3.82. The van der Waals surface area contributed by atoms with Gasteiger partial charge in [0, 0.05) is 17.8 Å². The average Bonchev–Trinajstić information content (AvgIpc) is 2.62. The number of rotatable bonds is 3. The highest BCUT2D eigenvalue weighted by molar-refractivity contribution is 7.92. The van der Waals surface area contributed by atoms with E-state index in [1.807, 2.05) is 6.07 Å². The monoisotopic (exact) mass is 389 g/mol. The number of anilines is 2. The van der Waals surface area contributed by atoms with Crippen molar-refractivity contribution in [1.82, 2.24) is 0 Å². The van der Waals surface area contributed by atoms with E-state index in [1.54, 1.807) is 24.3 Å². The summed E-state index contributed by atoms with van der Waals surface area (Å²) >= 11 is 6.19. The van der Waals surface area contributed by atoms with E-state index in [1.165, 1.54) is 22.5 Å². The standard InChI is InChI=1S/C18H16ClN3O3S/c19-16-7-6-14(11-17(16)22-8-1-2-9-26(22,24)25)18(23)21-15-5-3-4-13(10-15)12-20/h3-7,10-11H,1-2,8-9H2,(H,21,23). The molecule has 1 aliphatic rings. The Morgan fingerprint density at radius 2 is 2.00 bits per heavy atom. The number of halogens is 1. The molecular weight excluding hydrogens is 374 g/mol. The number of carbonyl (C=O) groups is 1. The van der Waals surface area contributed by atoms with Crippen LogP contribution >= 0.6 is 11.6 Å². The van der Waals surface area contributed by atoms with Crippen LogP contribution in [0.25, 0.3) is 0 Å². The predicted octanol–water partition coefficient (Wildman–Crippen LogP) is 3.39. The van der Waals surface area contributed by atoms with Crippen molar-refractivity contribution >= 4 is 38.9 Å². The molecule has 0 aliphatic carbocycles. The summed E-state index contributed by atoms with van der Waals surface area (Å²) in [5.41, 5.74) is 1.51. The van der Waals surface area contributed by atoms with Gasteiger partial charge in [0.15, 0.2) is 0 Å². The molecule has 0 spiro atoms. The van der Waals surface area contributed by atoms with Gasteiger partial charge in [0.05, 0.1) is 28.1 Å². The Labute approximate surface area is 157 Å². The van der Waals surface area contributed by atoms with Crippen molar-refractivity contribution in [3.05, 3.63) is 58.6 Å². The first-order chi connectivity index (χ1) is 12.4. The quantitative estimate of drug-likeness (QED) is 0.871. The van der Waals surface area contributed by atoms with E-state index in [-0.39, 0.29) is 16.3 Å². The molecule has 1 aliphatic heterocycles. The molecule has 26 heavy (non-hydrogen) atoms. The van der Waals surface area contributed by atoms with Crippen LogP contribution in [0.5, 0.6) is 0 Å². The van der Waals surface area contributed by atoms with Gasteiger partial charge in [-0.25, -0.2) is 8.42 Å². The summed E-state index contributed by atoms with van der Waals surface area (Å²) in [7, 11) is -3.43. The molecule has 0 bridgehead atoms. The summed E-state index contributed by atoms with van der Waals surface area (Å²) in [6, 6.07) is 13.1. The van der Waals surface area contributed by atoms with Gasteiger partial charge in [-0.15, -0.1) is 0 Å². The lowest BCUT2D eigenvalue weighted by atomic mass is 10.1. The first-order valence-electron chi connectivity index (χ1n) is 8.02. The van der Waals surface area contributed by atoms with Gasteiger partial charge in [0.1, 0.15) is 0 Å². The number of nitrogens with one attached hydrogen (secondary N) is 1. The molecule has 0 atom stereocenters. The van der Waals surface area contributed by atoms with Crippen molar-refractivity contribution in [1.29, 1.82) is 5.26 Å². The first kappa shape index (κ1) is 18.2. The van der Waals surface area contributed by atoms with Gasteiger partial charge >= 0.3 is 0 Å². The fraction of sp³-hybridized carbons (Fsp3) is 0.222. The Balaban J connectivity index is 1.89. The van der Waals surface area contributed by atoms with Crippen LogP contribution in [0.3, 0.4) is 0 Å². The summed E-state index contributed by atoms with van der Waals surface area (Å²) in [6.45, 7) is 0.345. The smallest absolute Gasteiger partial charge is 0.255 e. The van der Waals surface area contributed by atoms with Gasteiger partial charge in [-0.1, -0.05) is 17.7 Å². The van der Waals surface area contributed by atoms with E-state index in [4.69, 9.17) is 16.9 Å². The Hall–Kier alpha value is -2.56. The average molecular weight is 390 g/mol. The Morgan fingerprint density at radius 1 is 1.19 bits per heavy atom. The molecule has 2 aromatic carbocycles. The zero-order valence-corrected chi connectivity index (χ0v) is 15.3. The summed E-state index contributed by atoms with van der Waals surface area (Å²) in [6.07, 6.45) is 1.36. The second kappa shape index (κ2) is 7.36. The lowest BCUT2D eigenvalue weighted by Crippen LogP contribution is -2.38. The van der Waals surface area contributed by atoms with Crippen molar-refractivity contribution in [3.63, 3.8) is 0 Å². The third-order valence-corrected chi connectivity index (χ3v) is 6.25. The van der Waals surface area contributed by atoms with Crippen LogP contribution in [0.15, 0.2) is 42.5 Å².